The third kappa shape index (κ3) is 5.91. The van der Waals surface area contributed by atoms with Gasteiger partial charge in [-0.15, -0.1) is 0 Å². The zero-order valence-electron chi connectivity index (χ0n) is 28.5. The molecular weight excluding hydrogens is 625 g/mol. The molecule has 0 atom stereocenters. The van der Waals surface area contributed by atoms with Crippen LogP contribution in [0.2, 0.25) is 0 Å². The van der Waals surface area contributed by atoms with Crippen LogP contribution in [0.25, 0.3) is 45.5 Å². The first-order chi connectivity index (χ1) is 25.1. The summed E-state index contributed by atoms with van der Waals surface area (Å²) in [4.78, 5) is 0. The maximum atomic E-state index is 5.54. The van der Waals surface area contributed by atoms with Crippen molar-refractivity contribution in [3.05, 3.63) is 216 Å². The minimum atomic E-state index is -0.611. The van der Waals surface area contributed by atoms with Crippen LogP contribution in [-0.4, -0.2) is 0 Å². The number of hydrogen-bond acceptors (Lipinski definition) is 4. The standard InChI is InChI=1S/C47H40N2O2/c1-3-40-41(4-2)46-42-24-23-37(35-19-15-33(16-20-35)31-50-27-25-48)29-44(42)47(38-11-7-5-8-12-38,39-13-9-6-10-14-39)45(46)30-43(40)36-21-17-34(18-22-36)32-51-28-26-49/h3-30H,1-2,31-32,48-49H2/b27-25-,28-26-. The highest BCUT2D eigenvalue weighted by molar-refractivity contribution is 5.98. The average molecular weight is 665 g/mol. The van der Waals surface area contributed by atoms with Crippen LogP contribution in [0.3, 0.4) is 0 Å². The molecule has 7 rings (SSSR count). The van der Waals surface area contributed by atoms with Gasteiger partial charge in [0, 0.05) is 12.4 Å². The normalized spacial score (nSPS) is 12.8. The van der Waals surface area contributed by atoms with Crippen LogP contribution in [0.4, 0.5) is 0 Å². The number of nitrogens with two attached hydrogens (primary N) is 2. The van der Waals surface area contributed by atoms with E-state index in [1.807, 2.05) is 12.2 Å². The van der Waals surface area contributed by atoms with Crippen molar-refractivity contribution >= 4 is 12.2 Å². The second-order valence-corrected chi connectivity index (χ2v) is 12.5. The van der Waals surface area contributed by atoms with Crippen LogP contribution in [0.15, 0.2) is 172 Å². The Labute approximate surface area is 300 Å². The van der Waals surface area contributed by atoms with Gasteiger partial charge in [-0.05, 0) is 90.0 Å². The average Bonchev–Trinajstić information content (AvgIpc) is 3.48. The predicted molar refractivity (Wildman–Crippen MR) is 211 cm³/mol. The molecule has 1 aliphatic carbocycles. The van der Waals surface area contributed by atoms with E-state index < -0.39 is 5.41 Å². The van der Waals surface area contributed by atoms with Crippen LogP contribution >= 0.6 is 0 Å². The van der Waals surface area contributed by atoms with E-state index in [1.54, 1.807) is 0 Å². The lowest BCUT2D eigenvalue weighted by Crippen LogP contribution is -2.28. The fraction of sp³-hybridized carbons (Fsp3) is 0.0638. The minimum absolute atomic E-state index is 0.440. The van der Waals surface area contributed by atoms with Gasteiger partial charge in [0.25, 0.3) is 0 Å². The van der Waals surface area contributed by atoms with E-state index in [0.29, 0.717) is 13.2 Å². The van der Waals surface area contributed by atoms with Gasteiger partial charge >= 0.3 is 0 Å². The molecule has 0 unspecified atom stereocenters. The summed E-state index contributed by atoms with van der Waals surface area (Å²) >= 11 is 0. The van der Waals surface area contributed by atoms with Crippen LogP contribution in [0.1, 0.15) is 44.5 Å². The highest BCUT2D eigenvalue weighted by Gasteiger charge is 2.47. The minimum Gasteiger partial charge on any atom is -0.495 e. The first-order valence-electron chi connectivity index (χ1n) is 17.0. The molecule has 0 aliphatic heterocycles. The second-order valence-electron chi connectivity index (χ2n) is 12.5. The molecule has 0 fully saturated rings. The Morgan fingerprint density at radius 3 is 1.53 bits per heavy atom. The number of fused-ring (bicyclic) bond motifs is 3. The summed E-state index contributed by atoms with van der Waals surface area (Å²) in [7, 11) is 0. The van der Waals surface area contributed by atoms with Crippen molar-refractivity contribution in [1.82, 2.24) is 0 Å². The lowest BCUT2D eigenvalue weighted by Gasteiger charge is -2.34. The largest absolute Gasteiger partial charge is 0.495 e. The van der Waals surface area contributed by atoms with Crippen molar-refractivity contribution in [3.63, 3.8) is 0 Å². The van der Waals surface area contributed by atoms with Gasteiger partial charge in [-0.25, -0.2) is 0 Å². The summed E-state index contributed by atoms with van der Waals surface area (Å²) < 4.78 is 11.0. The molecule has 0 heterocycles. The van der Waals surface area contributed by atoms with Gasteiger partial charge in [-0.1, -0.05) is 147 Å². The molecule has 4 nitrogen and oxygen atoms in total. The number of rotatable bonds is 12. The van der Waals surface area contributed by atoms with Gasteiger partial charge in [0.1, 0.15) is 13.2 Å². The van der Waals surface area contributed by atoms with Gasteiger partial charge < -0.3 is 20.9 Å². The van der Waals surface area contributed by atoms with Gasteiger partial charge in [0.05, 0.1) is 17.9 Å². The molecule has 1 aliphatic rings. The zero-order chi connectivity index (χ0) is 35.2. The Bertz CT molecular complexity index is 2190. The maximum Gasteiger partial charge on any atom is 0.112 e. The van der Waals surface area contributed by atoms with Crippen molar-refractivity contribution < 1.29 is 9.47 Å². The highest BCUT2D eigenvalue weighted by Crippen LogP contribution is 2.59. The molecule has 0 saturated heterocycles. The smallest absolute Gasteiger partial charge is 0.112 e. The monoisotopic (exact) mass is 664 g/mol. The van der Waals surface area contributed by atoms with E-state index in [-0.39, 0.29) is 0 Å². The molecule has 0 radical (unpaired) electrons. The lowest BCUT2D eigenvalue weighted by atomic mass is 9.66. The Morgan fingerprint density at radius 2 is 1.02 bits per heavy atom. The van der Waals surface area contributed by atoms with Crippen LogP contribution in [0, 0.1) is 0 Å². The number of benzene rings is 6. The van der Waals surface area contributed by atoms with Crippen molar-refractivity contribution in [3.8, 4) is 33.4 Å². The van der Waals surface area contributed by atoms with Crippen molar-refractivity contribution in [2.24, 2.45) is 11.5 Å². The van der Waals surface area contributed by atoms with Gasteiger partial charge in [-0.3, -0.25) is 0 Å². The van der Waals surface area contributed by atoms with Crippen molar-refractivity contribution in [2.45, 2.75) is 18.6 Å². The molecule has 51 heavy (non-hydrogen) atoms. The summed E-state index contributed by atoms with van der Waals surface area (Å²) in [6.07, 6.45) is 9.76. The molecule has 0 amide bonds. The van der Waals surface area contributed by atoms with E-state index in [2.05, 4.69) is 147 Å². The third-order valence-electron chi connectivity index (χ3n) is 9.73. The molecule has 0 spiro atoms. The summed E-state index contributed by atoms with van der Waals surface area (Å²) in [5.41, 5.74) is 26.2. The van der Waals surface area contributed by atoms with Crippen LogP contribution < -0.4 is 11.5 Å². The second kappa shape index (κ2) is 14.5. The zero-order valence-corrected chi connectivity index (χ0v) is 28.5. The molecule has 0 aromatic heterocycles. The number of hydrogen-bond donors (Lipinski definition) is 2. The number of ether oxygens (including phenoxy) is 2. The SMILES string of the molecule is C=Cc1c(-c2ccc(CO/C=C\N)cc2)cc2c(c1C=C)-c1ccc(-c3ccc(CO/C=C\N)cc3)cc1C2(c1ccccc1)c1ccccc1. The fourth-order valence-electron chi connectivity index (χ4n) is 7.51. The predicted octanol–water partition coefficient (Wildman–Crippen LogP) is 10.6. The van der Waals surface area contributed by atoms with Gasteiger partial charge in [0.2, 0.25) is 0 Å². The molecule has 250 valence electrons. The summed E-state index contributed by atoms with van der Waals surface area (Å²) in [5, 5.41) is 0. The van der Waals surface area contributed by atoms with E-state index in [0.717, 1.165) is 44.5 Å². The molecular formula is C47H40N2O2. The van der Waals surface area contributed by atoms with E-state index in [9.17, 15) is 0 Å². The third-order valence-corrected chi connectivity index (χ3v) is 9.73. The summed E-state index contributed by atoms with van der Waals surface area (Å²) in [6, 6.07) is 48.0. The Balaban J connectivity index is 1.49. The topological polar surface area (TPSA) is 70.5 Å². The van der Waals surface area contributed by atoms with E-state index >= 15 is 0 Å². The van der Waals surface area contributed by atoms with Crippen LogP contribution in [0.5, 0.6) is 0 Å². The molecule has 4 heteroatoms. The summed E-state index contributed by atoms with van der Waals surface area (Å²) in [6.45, 7) is 9.57. The van der Waals surface area contributed by atoms with Crippen LogP contribution in [-0.2, 0) is 28.1 Å². The van der Waals surface area contributed by atoms with E-state index in [1.165, 1.54) is 58.3 Å². The Hall–Kier alpha value is -6.52. The quantitative estimate of drug-likeness (QED) is 0.128. The Kier molecular flexibility index (Phi) is 9.40. The van der Waals surface area contributed by atoms with Crippen molar-refractivity contribution in [2.75, 3.05) is 0 Å². The molecule has 4 N–H and O–H groups in total. The summed E-state index contributed by atoms with van der Waals surface area (Å²) in [5.74, 6) is 0. The maximum absolute atomic E-state index is 5.54. The van der Waals surface area contributed by atoms with Gasteiger partial charge in [-0.2, -0.15) is 0 Å². The fourth-order valence-corrected chi connectivity index (χ4v) is 7.51. The lowest BCUT2D eigenvalue weighted by molar-refractivity contribution is 0.235. The first-order valence-corrected chi connectivity index (χ1v) is 17.0. The molecule has 6 aromatic rings. The Morgan fingerprint density at radius 1 is 0.510 bits per heavy atom. The highest BCUT2D eigenvalue weighted by atomic mass is 16.5. The van der Waals surface area contributed by atoms with Crippen molar-refractivity contribution in [1.29, 1.82) is 0 Å². The van der Waals surface area contributed by atoms with E-state index in [4.69, 9.17) is 20.9 Å². The first kappa shape index (κ1) is 33.0. The molecule has 0 saturated carbocycles. The molecule has 6 aromatic carbocycles. The molecule has 0 bridgehead atoms. The van der Waals surface area contributed by atoms with Gasteiger partial charge in [0.15, 0.2) is 0 Å².